The Morgan fingerprint density at radius 1 is 1.27 bits per heavy atom. The molecule has 0 spiro atoms. The lowest BCUT2D eigenvalue weighted by atomic mass is 10.2. The van der Waals surface area contributed by atoms with E-state index in [4.69, 9.17) is 0 Å². The Hall–Kier alpha value is -3.02. The first-order chi connectivity index (χ1) is 10.6. The van der Waals surface area contributed by atoms with Crippen molar-refractivity contribution in [3.8, 4) is 0 Å². The number of aryl methyl sites for hydroxylation is 1. The number of anilines is 1. The average molecular weight is 297 g/mol. The van der Waals surface area contributed by atoms with E-state index < -0.39 is 11.5 Å². The number of pyridine rings is 1. The summed E-state index contributed by atoms with van der Waals surface area (Å²) in [6.07, 6.45) is 2.79. The summed E-state index contributed by atoms with van der Waals surface area (Å²) >= 11 is 0. The van der Waals surface area contributed by atoms with Crippen LogP contribution in [0.4, 0.5) is 10.1 Å². The molecule has 5 nitrogen and oxygen atoms in total. The highest BCUT2D eigenvalue weighted by Crippen LogP contribution is 2.16. The molecule has 0 saturated carbocycles. The Labute approximate surface area is 125 Å². The lowest BCUT2D eigenvalue weighted by Gasteiger charge is -2.08. The molecule has 2 heterocycles. The summed E-state index contributed by atoms with van der Waals surface area (Å²) in [6.45, 7) is 1.67. The smallest absolute Gasteiger partial charge is 0.270 e. The first-order valence-corrected chi connectivity index (χ1v) is 6.60. The van der Waals surface area contributed by atoms with Crippen LogP contribution in [-0.2, 0) is 0 Å². The molecule has 0 unspecified atom stereocenters. The lowest BCUT2D eigenvalue weighted by molar-refractivity contribution is 0.102. The predicted octanol–water partition coefficient (Wildman–Crippen LogP) is 2.39. The van der Waals surface area contributed by atoms with Crippen LogP contribution in [0.2, 0.25) is 0 Å². The van der Waals surface area contributed by atoms with E-state index in [9.17, 15) is 14.0 Å². The predicted molar refractivity (Wildman–Crippen MR) is 80.6 cm³/mol. The van der Waals surface area contributed by atoms with E-state index in [2.05, 4.69) is 10.3 Å². The van der Waals surface area contributed by atoms with Gasteiger partial charge in [-0.3, -0.25) is 14.0 Å². The van der Waals surface area contributed by atoms with Gasteiger partial charge in [0.05, 0.1) is 0 Å². The summed E-state index contributed by atoms with van der Waals surface area (Å²) < 4.78 is 14.4. The fourth-order valence-electron chi connectivity index (χ4n) is 2.14. The fraction of sp³-hybridized carbons (Fsp3) is 0.0625. The second-order valence-electron chi connectivity index (χ2n) is 4.82. The first-order valence-electron chi connectivity index (χ1n) is 6.60. The van der Waals surface area contributed by atoms with Crippen LogP contribution in [0.5, 0.6) is 0 Å². The average Bonchev–Trinajstić information content (AvgIpc) is 2.50. The molecule has 22 heavy (non-hydrogen) atoms. The van der Waals surface area contributed by atoms with Crippen molar-refractivity contribution in [1.82, 2.24) is 9.38 Å². The van der Waals surface area contributed by atoms with E-state index in [1.807, 2.05) is 0 Å². The maximum Gasteiger partial charge on any atom is 0.270 e. The van der Waals surface area contributed by atoms with Gasteiger partial charge in [0, 0.05) is 18.1 Å². The van der Waals surface area contributed by atoms with Crippen LogP contribution in [-0.4, -0.2) is 15.3 Å². The largest absolute Gasteiger partial charge is 0.322 e. The maximum atomic E-state index is 13.1. The number of hydrogen-bond donors (Lipinski definition) is 1. The van der Waals surface area contributed by atoms with Crippen LogP contribution in [0.1, 0.15) is 15.9 Å². The van der Waals surface area contributed by atoms with Crippen LogP contribution < -0.4 is 10.9 Å². The summed E-state index contributed by atoms with van der Waals surface area (Å²) in [7, 11) is 0. The number of carbonyl (C=O) groups excluding carboxylic acids is 1. The number of carbonyl (C=O) groups is 1. The number of nitrogens with zero attached hydrogens (tertiary/aromatic N) is 2. The zero-order valence-electron chi connectivity index (χ0n) is 11.7. The van der Waals surface area contributed by atoms with Crippen LogP contribution >= 0.6 is 0 Å². The second-order valence-corrected chi connectivity index (χ2v) is 4.82. The normalized spacial score (nSPS) is 10.6. The van der Waals surface area contributed by atoms with Gasteiger partial charge in [0.1, 0.15) is 17.0 Å². The van der Waals surface area contributed by atoms with Gasteiger partial charge in [-0.05, 0) is 42.8 Å². The molecule has 0 radical (unpaired) electrons. The van der Waals surface area contributed by atoms with Crippen molar-refractivity contribution in [3.05, 3.63) is 76.1 Å². The van der Waals surface area contributed by atoms with Gasteiger partial charge in [-0.1, -0.05) is 6.07 Å². The molecule has 110 valence electrons. The van der Waals surface area contributed by atoms with E-state index in [0.29, 0.717) is 16.9 Å². The molecule has 3 aromatic rings. The van der Waals surface area contributed by atoms with Crippen LogP contribution in [0.15, 0.2) is 53.6 Å². The van der Waals surface area contributed by atoms with Crippen molar-refractivity contribution in [2.24, 2.45) is 0 Å². The third kappa shape index (κ3) is 2.46. The second kappa shape index (κ2) is 5.40. The summed E-state index contributed by atoms with van der Waals surface area (Å²) in [6, 6.07) is 9.11. The molecule has 0 fully saturated rings. The van der Waals surface area contributed by atoms with Crippen molar-refractivity contribution in [3.63, 3.8) is 0 Å². The van der Waals surface area contributed by atoms with Crippen molar-refractivity contribution in [2.75, 3.05) is 5.32 Å². The number of aromatic nitrogens is 2. The molecule has 2 aromatic heterocycles. The van der Waals surface area contributed by atoms with Gasteiger partial charge in [0.2, 0.25) is 0 Å². The standard InChI is InChI=1S/C16H12FN3O2/c1-10-8-11(17)5-6-13(10)19-15(21)12-9-18-14-4-2-3-7-20(14)16(12)22/h2-9H,1H3,(H,19,21). The number of halogens is 1. The van der Waals surface area contributed by atoms with E-state index in [-0.39, 0.29) is 11.4 Å². The van der Waals surface area contributed by atoms with Gasteiger partial charge in [0.15, 0.2) is 0 Å². The van der Waals surface area contributed by atoms with Crippen molar-refractivity contribution in [2.45, 2.75) is 6.92 Å². The van der Waals surface area contributed by atoms with Gasteiger partial charge < -0.3 is 5.32 Å². The van der Waals surface area contributed by atoms with Gasteiger partial charge >= 0.3 is 0 Å². The van der Waals surface area contributed by atoms with Crippen molar-refractivity contribution < 1.29 is 9.18 Å². The van der Waals surface area contributed by atoms with Gasteiger partial charge in [0.25, 0.3) is 11.5 Å². The summed E-state index contributed by atoms with van der Waals surface area (Å²) in [5.74, 6) is -0.964. The fourth-order valence-corrected chi connectivity index (χ4v) is 2.14. The zero-order chi connectivity index (χ0) is 15.7. The highest BCUT2D eigenvalue weighted by atomic mass is 19.1. The molecule has 0 saturated heterocycles. The van der Waals surface area contributed by atoms with Crippen LogP contribution in [0, 0.1) is 12.7 Å². The number of rotatable bonds is 2. The summed E-state index contributed by atoms with van der Waals surface area (Å²) in [5, 5.41) is 2.60. The maximum absolute atomic E-state index is 13.1. The van der Waals surface area contributed by atoms with Gasteiger partial charge in [-0.25, -0.2) is 9.37 Å². The van der Waals surface area contributed by atoms with Gasteiger partial charge in [-0.2, -0.15) is 0 Å². The minimum Gasteiger partial charge on any atom is -0.322 e. The van der Waals surface area contributed by atoms with Crippen molar-refractivity contribution >= 4 is 17.2 Å². The Morgan fingerprint density at radius 2 is 2.09 bits per heavy atom. The molecular formula is C16H12FN3O2. The van der Waals surface area contributed by atoms with E-state index in [1.165, 1.54) is 28.8 Å². The highest BCUT2D eigenvalue weighted by Gasteiger charge is 2.14. The molecule has 3 rings (SSSR count). The minimum atomic E-state index is -0.578. The monoisotopic (exact) mass is 297 g/mol. The molecule has 6 heteroatoms. The minimum absolute atomic E-state index is 0.0765. The molecule has 0 bridgehead atoms. The molecule has 0 atom stereocenters. The lowest BCUT2D eigenvalue weighted by Crippen LogP contribution is -2.26. The third-order valence-electron chi connectivity index (χ3n) is 3.29. The number of hydrogen-bond acceptors (Lipinski definition) is 3. The molecule has 0 aliphatic heterocycles. The van der Waals surface area contributed by atoms with Crippen LogP contribution in [0.25, 0.3) is 5.65 Å². The van der Waals surface area contributed by atoms with Crippen LogP contribution in [0.3, 0.4) is 0 Å². The van der Waals surface area contributed by atoms with Gasteiger partial charge in [-0.15, -0.1) is 0 Å². The third-order valence-corrected chi connectivity index (χ3v) is 3.29. The number of benzene rings is 1. The quantitative estimate of drug-likeness (QED) is 0.790. The van der Waals surface area contributed by atoms with E-state index in [0.717, 1.165) is 0 Å². The Morgan fingerprint density at radius 3 is 2.86 bits per heavy atom. The number of nitrogens with one attached hydrogen (secondary N) is 1. The Kier molecular flexibility index (Phi) is 3.42. The number of amides is 1. The molecular weight excluding hydrogens is 285 g/mol. The number of fused-ring (bicyclic) bond motifs is 1. The van der Waals surface area contributed by atoms with Crippen molar-refractivity contribution in [1.29, 1.82) is 0 Å². The summed E-state index contributed by atoms with van der Waals surface area (Å²) in [5.41, 5.74) is 0.948. The molecule has 1 N–H and O–H groups in total. The van der Waals surface area contributed by atoms with E-state index in [1.54, 1.807) is 31.3 Å². The first kappa shape index (κ1) is 13.9. The Bertz CT molecular complexity index is 934. The molecule has 1 amide bonds. The highest BCUT2D eigenvalue weighted by molar-refractivity contribution is 6.04. The molecule has 1 aromatic carbocycles. The zero-order valence-corrected chi connectivity index (χ0v) is 11.7. The Balaban J connectivity index is 1.99. The topological polar surface area (TPSA) is 63.5 Å². The summed E-state index contributed by atoms with van der Waals surface area (Å²) in [4.78, 5) is 28.6. The SMILES string of the molecule is Cc1cc(F)ccc1NC(=O)c1cnc2ccccn2c1=O. The molecule has 0 aliphatic carbocycles. The van der Waals surface area contributed by atoms with E-state index >= 15 is 0 Å². The molecule has 0 aliphatic rings.